The van der Waals surface area contributed by atoms with Crippen LogP contribution in [0.2, 0.25) is 0 Å². The first-order valence-corrected chi connectivity index (χ1v) is 8.84. The number of amides is 2. The molecule has 0 unspecified atom stereocenters. The van der Waals surface area contributed by atoms with Crippen LogP contribution in [-0.2, 0) is 14.3 Å². The lowest BCUT2D eigenvalue weighted by atomic mass is 9.63. The molecule has 5 heteroatoms. The standard InChI is InChI=1S/C20H21NO4/c1-11(2)25-20(24)14-7-9-15(10-8-14)21-18(22)16-12-3-4-13(6-5-12)17(16)19(21)23/h3-4,7-13,16-17H,5-6H2,1-2H3/t12-,13-,16+,17+/m0/s1. The molecule has 0 aromatic heterocycles. The van der Waals surface area contributed by atoms with E-state index in [1.807, 2.05) is 0 Å². The highest BCUT2D eigenvalue weighted by Gasteiger charge is 2.56. The number of imide groups is 1. The number of nitrogens with zero attached hydrogens (tertiary/aromatic N) is 1. The Morgan fingerprint density at radius 3 is 1.96 bits per heavy atom. The van der Waals surface area contributed by atoms with Crippen molar-refractivity contribution in [2.24, 2.45) is 23.7 Å². The zero-order chi connectivity index (χ0) is 17.7. The van der Waals surface area contributed by atoms with Crippen LogP contribution in [-0.4, -0.2) is 23.9 Å². The van der Waals surface area contributed by atoms with E-state index in [0.717, 1.165) is 12.8 Å². The first-order chi connectivity index (χ1) is 12.0. The molecule has 2 bridgehead atoms. The van der Waals surface area contributed by atoms with E-state index in [1.165, 1.54) is 4.90 Å². The smallest absolute Gasteiger partial charge is 0.338 e. The number of hydrogen-bond acceptors (Lipinski definition) is 4. The molecular weight excluding hydrogens is 318 g/mol. The first kappa shape index (κ1) is 16.1. The van der Waals surface area contributed by atoms with E-state index in [-0.39, 0.29) is 41.6 Å². The summed E-state index contributed by atoms with van der Waals surface area (Å²) in [6.07, 6.45) is 5.98. The Morgan fingerprint density at radius 2 is 1.52 bits per heavy atom. The molecule has 1 aliphatic heterocycles. The molecule has 1 heterocycles. The zero-order valence-electron chi connectivity index (χ0n) is 14.3. The van der Waals surface area contributed by atoms with E-state index in [9.17, 15) is 14.4 Å². The van der Waals surface area contributed by atoms with E-state index in [0.29, 0.717) is 11.3 Å². The quantitative estimate of drug-likeness (QED) is 0.482. The molecule has 0 spiro atoms. The lowest BCUT2D eigenvalue weighted by molar-refractivity contribution is -0.124. The largest absolute Gasteiger partial charge is 0.459 e. The van der Waals surface area contributed by atoms with Crippen LogP contribution in [0.3, 0.4) is 0 Å². The third-order valence-corrected chi connectivity index (χ3v) is 5.46. The van der Waals surface area contributed by atoms with Crippen LogP contribution in [0.5, 0.6) is 0 Å². The number of hydrogen-bond donors (Lipinski definition) is 0. The Balaban J connectivity index is 1.59. The average Bonchev–Trinajstić information content (AvgIpc) is 2.89. The molecule has 2 fully saturated rings. The van der Waals surface area contributed by atoms with E-state index >= 15 is 0 Å². The molecule has 4 aliphatic rings. The maximum atomic E-state index is 12.9. The number of anilines is 1. The lowest BCUT2D eigenvalue weighted by Gasteiger charge is -2.38. The molecule has 1 saturated carbocycles. The van der Waals surface area contributed by atoms with Gasteiger partial charge in [-0.15, -0.1) is 0 Å². The van der Waals surface area contributed by atoms with Crippen LogP contribution in [0.1, 0.15) is 37.0 Å². The fraction of sp³-hybridized carbons (Fsp3) is 0.450. The molecule has 130 valence electrons. The Kier molecular flexibility index (Phi) is 3.74. The minimum atomic E-state index is -0.406. The van der Waals surface area contributed by atoms with Crippen LogP contribution in [0, 0.1) is 23.7 Å². The van der Waals surface area contributed by atoms with Gasteiger partial charge < -0.3 is 4.74 Å². The number of carbonyl (C=O) groups excluding carboxylic acids is 3. The van der Waals surface area contributed by atoms with Crippen molar-refractivity contribution in [3.05, 3.63) is 42.0 Å². The van der Waals surface area contributed by atoms with Gasteiger partial charge in [0, 0.05) is 0 Å². The summed E-state index contributed by atoms with van der Waals surface area (Å²) in [7, 11) is 0. The third kappa shape index (κ3) is 2.49. The summed E-state index contributed by atoms with van der Waals surface area (Å²) in [6.45, 7) is 3.58. The average molecular weight is 339 g/mol. The first-order valence-electron chi connectivity index (χ1n) is 8.84. The summed E-state index contributed by atoms with van der Waals surface area (Å²) < 4.78 is 5.16. The monoisotopic (exact) mass is 339 g/mol. The van der Waals surface area contributed by atoms with Gasteiger partial charge in [0.2, 0.25) is 11.8 Å². The van der Waals surface area contributed by atoms with Crippen molar-refractivity contribution in [3.8, 4) is 0 Å². The van der Waals surface area contributed by atoms with Gasteiger partial charge in [0.25, 0.3) is 0 Å². The molecule has 3 aliphatic carbocycles. The van der Waals surface area contributed by atoms with Crippen molar-refractivity contribution in [2.45, 2.75) is 32.8 Å². The lowest BCUT2D eigenvalue weighted by Crippen LogP contribution is -2.38. The number of allylic oxidation sites excluding steroid dienone is 2. The summed E-state index contributed by atoms with van der Waals surface area (Å²) in [4.78, 5) is 39.0. The summed E-state index contributed by atoms with van der Waals surface area (Å²) in [5.74, 6) is -0.702. The number of esters is 1. The maximum absolute atomic E-state index is 12.9. The Bertz CT molecular complexity index is 732. The van der Waals surface area contributed by atoms with Gasteiger partial charge in [-0.25, -0.2) is 4.79 Å². The van der Waals surface area contributed by atoms with Crippen molar-refractivity contribution in [1.29, 1.82) is 0 Å². The zero-order valence-corrected chi connectivity index (χ0v) is 14.3. The summed E-state index contributed by atoms with van der Waals surface area (Å²) in [5, 5.41) is 0. The molecule has 5 rings (SSSR count). The van der Waals surface area contributed by atoms with Gasteiger partial charge in [-0.3, -0.25) is 14.5 Å². The van der Waals surface area contributed by atoms with Gasteiger partial charge in [0.15, 0.2) is 0 Å². The van der Waals surface area contributed by atoms with Crippen molar-refractivity contribution in [2.75, 3.05) is 4.90 Å². The summed E-state index contributed by atoms with van der Waals surface area (Å²) in [5.41, 5.74) is 0.945. The van der Waals surface area contributed by atoms with Crippen molar-refractivity contribution in [3.63, 3.8) is 0 Å². The van der Waals surface area contributed by atoms with Crippen LogP contribution >= 0.6 is 0 Å². The van der Waals surface area contributed by atoms with Crippen LogP contribution in [0.25, 0.3) is 0 Å². The third-order valence-electron chi connectivity index (χ3n) is 5.46. The predicted octanol–water partition coefficient (Wildman–Crippen LogP) is 2.95. The molecule has 4 atom stereocenters. The van der Waals surface area contributed by atoms with Crippen LogP contribution < -0.4 is 4.90 Å². The molecular formula is C20H21NO4. The second kappa shape index (κ2) is 5.83. The Morgan fingerprint density at radius 1 is 1.00 bits per heavy atom. The van der Waals surface area contributed by atoms with Gasteiger partial charge in [0.1, 0.15) is 0 Å². The molecule has 5 nitrogen and oxygen atoms in total. The van der Waals surface area contributed by atoms with E-state index in [1.54, 1.807) is 38.1 Å². The normalized spacial score (nSPS) is 30.1. The van der Waals surface area contributed by atoms with E-state index in [4.69, 9.17) is 4.74 Å². The topological polar surface area (TPSA) is 63.7 Å². The second-order valence-corrected chi connectivity index (χ2v) is 7.35. The van der Waals surface area contributed by atoms with E-state index < -0.39 is 5.97 Å². The number of fused-ring (bicyclic) bond motifs is 1. The molecule has 1 aromatic rings. The molecule has 2 amide bonds. The minimum absolute atomic E-state index is 0.105. The molecule has 25 heavy (non-hydrogen) atoms. The van der Waals surface area contributed by atoms with Gasteiger partial charge in [-0.2, -0.15) is 0 Å². The van der Waals surface area contributed by atoms with Gasteiger partial charge in [0.05, 0.1) is 29.2 Å². The van der Waals surface area contributed by atoms with Gasteiger partial charge in [-0.05, 0) is 62.8 Å². The highest BCUT2D eigenvalue weighted by molar-refractivity contribution is 6.22. The number of carbonyl (C=O) groups is 3. The number of benzene rings is 1. The van der Waals surface area contributed by atoms with Crippen molar-refractivity contribution < 1.29 is 19.1 Å². The van der Waals surface area contributed by atoms with E-state index in [2.05, 4.69) is 12.2 Å². The highest BCUT2D eigenvalue weighted by atomic mass is 16.5. The number of ether oxygens (including phenoxy) is 1. The highest BCUT2D eigenvalue weighted by Crippen LogP contribution is 2.50. The number of rotatable bonds is 3. The van der Waals surface area contributed by atoms with Crippen LogP contribution in [0.15, 0.2) is 36.4 Å². The molecule has 1 aromatic carbocycles. The van der Waals surface area contributed by atoms with Crippen LogP contribution in [0.4, 0.5) is 5.69 Å². The van der Waals surface area contributed by atoms with Gasteiger partial charge >= 0.3 is 5.97 Å². The molecule has 0 radical (unpaired) electrons. The fourth-order valence-electron chi connectivity index (χ4n) is 4.36. The fourth-order valence-corrected chi connectivity index (χ4v) is 4.36. The maximum Gasteiger partial charge on any atom is 0.338 e. The molecule has 1 saturated heterocycles. The summed E-state index contributed by atoms with van der Waals surface area (Å²) in [6, 6.07) is 6.52. The second-order valence-electron chi connectivity index (χ2n) is 7.35. The minimum Gasteiger partial charge on any atom is -0.459 e. The predicted molar refractivity (Wildman–Crippen MR) is 91.8 cm³/mol. The SMILES string of the molecule is CC(C)OC(=O)c1ccc(N2C(=O)[C@H]3[C@H](C2=O)[C@H]2C=C[C@H]3CC2)cc1. The molecule has 0 N–H and O–H groups in total. The Labute approximate surface area is 146 Å². The Hall–Kier alpha value is -2.43. The van der Waals surface area contributed by atoms with Crippen molar-refractivity contribution in [1.82, 2.24) is 0 Å². The van der Waals surface area contributed by atoms with Crippen molar-refractivity contribution >= 4 is 23.5 Å². The van der Waals surface area contributed by atoms with Gasteiger partial charge in [-0.1, -0.05) is 12.2 Å². The summed E-state index contributed by atoms with van der Waals surface area (Å²) >= 11 is 0.